The van der Waals surface area contributed by atoms with Crippen LogP contribution in [0, 0.1) is 5.92 Å². The Labute approximate surface area is 154 Å². The van der Waals surface area contributed by atoms with E-state index in [1.807, 2.05) is 62.4 Å². The number of hydrogen-bond acceptors (Lipinski definition) is 3. The van der Waals surface area contributed by atoms with Crippen LogP contribution in [0.15, 0.2) is 48.5 Å². The van der Waals surface area contributed by atoms with E-state index in [2.05, 4.69) is 5.32 Å². The summed E-state index contributed by atoms with van der Waals surface area (Å²) in [6.45, 7) is 4.52. The number of rotatable bonds is 6. The number of ether oxygens (including phenoxy) is 1. The first-order valence-electron chi connectivity index (χ1n) is 9.04. The molecule has 0 saturated carbocycles. The second-order valence-corrected chi connectivity index (χ2v) is 6.44. The molecule has 0 spiro atoms. The third-order valence-electron chi connectivity index (χ3n) is 4.71. The summed E-state index contributed by atoms with van der Waals surface area (Å²) in [5.74, 6) is 0.558. The quantitative estimate of drug-likeness (QED) is 0.855. The number of carbonyl (C=O) groups is 2. The van der Waals surface area contributed by atoms with Crippen LogP contribution in [0.5, 0.6) is 5.75 Å². The first-order valence-corrected chi connectivity index (χ1v) is 9.04. The average molecular weight is 352 g/mol. The molecule has 0 radical (unpaired) electrons. The number of amides is 2. The third kappa shape index (κ3) is 3.87. The Kier molecular flexibility index (Phi) is 5.56. The lowest BCUT2D eigenvalue weighted by molar-refractivity contribution is -0.121. The number of fused-ring (bicyclic) bond motifs is 1. The molecule has 0 unspecified atom stereocenters. The van der Waals surface area contributed by atoms with Crippen molar-refractivity contribution < 1.29 is 14.3 Å². The monoisotopic (exact) mass is 352 g/mol. The molecule has 0 atom stereocenters. The van der Waals surface area contributed by atoms with Gasteiger partial charge in [0.05, 0.1) is 12.2 Å². The molecule has 2 aromatic carbocycles. The fourth-order valence-corrected chi connectivity index (χ4v) is 3.12. The van der Waals surface area contributed by atoms with E-state index in [4.69, 9.17) is 4.74 Å². The molecule has 0 fully saturated rings. The van der Waals surface area contributed by atoms with Crippen LogP contribution >= 0.6 is 0 Å². The predicted molar refractivity (Wildman–Crippen MR) is 102 cm³/mol. The zero-order valence-corrected chi connectivity index (χ0v) is 15.2. The molecule has 136 valence electrons. The Morgan fingerprint density at radius 2 is 1.88 bits per heavy atom. The van der Waals surface area contributed by atoms with Gasteiger partial charge in [0.1, 0.15) is 5.75 Å². The van der Waals surface area contributed by atoms with E-state index in [-0.39, 0.29) is 24.3 Å². The van der Waals surface area contributed by atoms with Gasteiger partial charge in [-0.25, -0.2) is 0 Å². The Balaban J connectivity index is 1.85. The van der Waals surface area contributed by atoms with Crippen molar-refractivity contribution in [1.82, 2.24) is 0 Å². The summed E-state index contributed by atoms with van der Waals surface area (Å²) in [5, 5.41) is 2.96. The topological polar surface area (TPSA) is 58.6 Å². The zero-order chi connectivity index (χ0) is 18.5. The van der Waals surface area contributed by atoms with Crippen molar-refractivity contribution in [2.24, 2.45) is 5.92 Å². The highest BCUT2D eigenvalue weighted by Gasteiger charge is 2.26. The van der Waals surface area contributed by atoms with E-state index in [1.54, 1.807) is 4.90 Å². The highest BCUT2D eigenvalue weighted by Crippen LogP contribution is 2.35. The number of hydrogen-bond donors (Lipinski definition) is 1. The lowest BCUT2D eigenvalue weighted by Gasteiger charge is -2.30. The maximum atomic E-state index is 12.4. The lowest BCUT2D eigenvalue weighted by Crippen LogP contribution is -2.38. The predicted octanol–water partition coefficient (Wildman–Crippen LogP) is 3.99. The molecule has 0 aromatic heterocycles. The highest BCUT2D eigenvalue weighted by atomic mass is 16.5. The van der Waals surface area contributed by atoms with Crippen LogP contribution in [0.2, 0.25) is 0 Å². The van der Waals surface area contributed by atoms with Crippen molar-refractivity contribution in [2.45, 2.75) is 33.2 Å². The van der Waals surface area contributed by atoms with Gasteiger partial charge >= 0.3 is 0 Å². The molecular formula is C21H24N2O3. The van der Waals surface area contributed by atoms with Crippen LogP contribution < -0.4 is 15.0 Å². The van der Waals surface area contributed by atoms with Crippen LogP contribution in [0.1, 0.15) is 32.3 Å². The van der Waals surface area contributed by atoms with Crippen molar-refractivity contribution in [3.05, 3.63) is 54.1 Å². The minimum Gasteiger partial charge on any atom is -0.482 e. The van der Waals surface area contributed by atoms with Crippen LogP contribution in [-0.4, -0.2) is 18.4 Å². The third-order valence-corrected chi connectivity index (χ3v) is 4.71. The number of anilines is 2. The van der Waals surface area contributed by atoms with Crippen molar-refractivity contribution in [3.8, 4) is 5.75 Å². The minimum absolute atomic E-state index is 0.00705. The Bertz CT molecular complexity index is 785. The molecule has 5 heteroatoms. The Hall–Kier alpha value is -2.82. The summed E-state index contributed by atoms with van der Waals surface area (Å²) in [6, 6.07) is 15.3. The summed E-state index contributed by atoms with van der Waals surface area (Å²) in [6.07, 6.45) is 1.60. The minimum atomic E-state index is -0.0928. The van der Waals surface area contributed by atoms with Gasteiger partial charge < -0.3 is 15.0 Å². The Morgan fingerprint density at radius 1 is 1.15 bits per heavy atom. The lowest BCUT2D eigenvalue weighted by atomic mass is 10.0. The smallest absolute Gasteiger partial charge is 0.265 e. The van der Waals surface area contributed by atoms with E-state index in [0.29, 0.717) is 23.7 Å². The van der Waals surface area contributed by atoms with Crippen LogP contribution in [0.3, 0.4) is 0 Å². The van der Waals surface area contributed by atoms with Gasteiger partial charge in [0.15, 0.2) is 6.61 Å². The largest absolute Gasteiger partial charge is 0.482 e. The fourth-order valence-electron chi connectivity index (χ4n) is 3.12. The summed E-state index contributed by atoms with van der Waals surface area (Å²) in [4.78, 5) is 26.5. The molecule has 2 aromatic rings. The SMILES string of the molecule is CCC(CC)C(=O)Nc1ccc2c(c1)N(Cc1ccccc1)C(=O)CO2. The van der Waals surface area contributed by atoms with Gasteiger partial charge in [-0.2, -0.15) is 0 Å². The van der Waals surface area contributed by atoms with E-state index in [9.17, 15) is 9.59 Å². The van der Waals surface area contributed by atoms with Gasteiger partial charge in [-0.05, 0) is 36.6 Å². The van der Waals surface area contributed by atoms with Gasteiger partial charge in [-0.15, -0.1) is 0 Å². The average Bonchev–Trinajstić information content (AvgIpc) is 2.66. The first kappa shape index (κ1) is 18.0. The number of carbonyl (C=O) groups excluding carboxylic acids is 2. The van der Waals surface area contributed by atoms with Crippen molar-refractivity contribution in [1.29, 1.82) is 0 Å². The maximum Gasteiger partial charge on any atom is 0.265 e. The van der Waals surface area contributed by atoms with Gasteiger partial charge in [-0.3, -0.25) is 9.59 Å². The van der Waals surface area contributed by atoms with Crippen molar-refractivity contribution in [3.63, 3.8) is 0 Å². The van der Waals surface area contributed by atoms with E-state index >= 15 is 0 Å². The van der Waals surface area contributed by atoms with Crippen LogP contribution in [-0.2, 0) is 16.1 Å². The number of nitrogens with zero attached hydrogens (tertiary/aromatic N) is 1. The molecule has 2 amide bonds. The fraction of sp³-hybridized carbons (Fsp3) is 0.333. The molecule has 0 aliphatic carbocycles. The van der Waals surface area contributed by atoms with Gasteiger partial charge in [-0.1, -0.05) is 44.2 Å². The normalized spacial score (nSPS) is 13.3. The molecular weight excluding hydrogens is 328 g/mol. The van der Waals surface area contributed by atoms with Gasteiger partial charge in [0.25, 0.3) is 5.91 Å². The second-order valence-electron chi connectivity index (χ2n) is 6.44. The molecule has 3 rings (SSSR count). The zero-order valence-electron chi connectivity index (χ0n) is 15.2. The molecule has 0 saturated heterocycles. The standard InChI is InChI=1S/C21H24N2O3/c1-3-16(4-2)21(25)22-17-10-11-19-18(12-17)23(20(24)14-26-19)13-15-8-6-5-7-9-15/h5-12,16H,3-4,13-14H2,1-2H3,(H,22,25). The number of benzene rings is 2. The summed E-state index contributed by atoms with van der Waals surface area (Å²) in [7, 11) is 0. The molecule has 5 nitrogen and oxygen atoms in total. The summed E-state index contributed by atoms with van der Waals surface area (Å²) in [5.41, 5.74) is 2.41. The Morgan fingerprint density at radius 3 is 2.58 bits per heavy atom. The van der Waals surface area contributed by atoms with Gasteiger partial charge in [0.2, 0.25) is 5.91 Å². The van der Waals surface area contributed by atoms with Crippen molar-refractivity contribution >= 4 is 23.2 Å². The second kappa shape index (κ2) is 8.04. The number of nitrogens with one attached hydrogen (secondary N) is 1. The summed E-state index contributed by atoms with van der Waals surface area (Å²) >= 11 is 0. The van der Waals surface area contributed by atoms with E-state index < -0.39 is 0 Å². The summed E-state index contributed by atoms with van der Waals surface area (Å²) < 4.78 is 5.55. The van der Waals surface area contributed by atoms with Crippen molar-refractivity contribution in [2.75, 3.05) is 16.8 Å². The first-order chi connectivity index (χ1) is 12.6. The van der Waals surface area contributed by atoms with E-state index in [1.165, 1.54) is 0 Å². The molecule has 1 N–H and O–H groups in total. The van der Waals surface area contributed by atoms with E-state index in [0.717, 1.165) is 18.4 Å². The molecule has 1 heterocycles. The highest BCUT2D eigenvalue weighted by molar-refractivity contribution is 5.99. The molecule has 26 heavy (non-hydrogen) atoms. The molecule has 0 bridgehead atoms. The molecule has 1 aliphatic heterocycles. The molecule has 1 aliphatic rings. The van der Waals surface area contributed by atoms with Gasteiger partial charge in [0, 0.05) is 11.6 Å². The maximum absolute atomic E-state index is 12.4. The van der Waals surface area contributed by atoms with Crippen LogP contribution in [0.25, 0.3) is 0 Å². The van der Waals surface area contributed by atoms with Crippen LogP contribution in [0.4, 0.5) is 11.4 Å².